The minimum Gasteiger partial charge on any atom is -0.456 e. The largest absolute Gasteiger partial charge is 0.456 e. The van der Waals surface area contributed by atoms with Gasteiger partial charge >= 0.3 is 5.97 Å². The van der Waals surface area contributed by atoms with Crippen LogP contribution in [0.25, 0.3) is 6.08 Å². The summed E-state index contributed by atoms with van der Waals surface area (Å²) in [6.45, 7) is 4.26. The maximum Gasteiger partial charge on any atom is 0.338 e. The maximum absolute atomic E-state index is 13.4. The molecule has 1 fully saturated rings. The number of fused-ring (bicyclic) bond motifs is 1. The van der Waals surface area contributed by atoms with Crippen LogP contribution in [0.5, 0.6) is 0 Å². The van der Waals surface area contributed by atoms with Crippen molar-refractivity contribution >= 4 is 23.9 Å². The van der Waals surface area contributed by atoms with E-state index in [1.54, 1.807) is 50.5 Å². The lowest BCUT2D eigenvalue weighted by molar-refractivity contribution is -0.190. The Morgan fingerprint density at radius 1 is 1.10 bits per heavy atom. The highest BCUT2D eigenvalue weighted by molar-refractivity contribution is 5.95. The molecule has 0 bridgehead atoms. The summed E-state index contributed by atoms with van der Waals surface area (Å²) in [5.41, 5.74) is 1.46. The number of benzene rings is 1. The van der Waals surface area contributed by atoms with E-state index >= 15 is 0 Å². The molecule has 2 amide bonds. The van der Waals surface area contributed by atoms with E-state index in [-0.39, 0.29) is 31.4 Å². The zero-order valence-electron chi connectivity index (χ0n) is 24.9. The second-order valence-electron chi connectivity index (χ2n) is 11.0. The number of esters is 1. The third-order valence-electron chi connectivity index (χ3n) is 7.43. The molecule has 9 nitrogen and oxygen atoms in total. The van der Waals surface area contributed by atoms with Crippen molar-refractivity contribution in [2.24, 2.45) is 0 Å². The standard InChI is InChI=1S/C32H46N2O7/c1-5-7-9-16-32(17-10-8-6-2)40-27-22-25(30(37)33-18-19-35)21-26(29(27)41-32)39-31(38)24-13-11-12-23(20-24)14-15-28(36)34(3)4/h11-15,20,22,26-27,29,35H,5-10,16-19,21H2,1-4H3,(H,33,37). The molecule has 0 aromatic heterocycles. The molecule has 3 rings (SSSR count). The first kappa shape index (κ1) is 32.5. The third-order valence-corrected chi connectivity index (χ3v) is 7.43. The fourth-order valence-corrected chi connectivity index (χ4v) is 5.17. The van der Waals surface area contributed by atoms with Gasteiger partial charge in [-0.25, -0.2) is 4.79 Å². The molecule has 0 radical (unpaired) electrons. The van der Waals surface area contributed by atoms with Gasteiger partial charge in [-0.15, -0.1) is 0 Å². The molecule has 226 valence electrons. The van der Waals surface area contributed by atoms with Gasteiger partial charge in [0.2, 0.25) is 11.8 Å². The molecule has 9 heteroatoms. The summed E-state index contributed by atoms with van der Waals surface area (Å²) in [6, 6.07) is 6.85. The fourth-order valence-electron chi connectivity index (χ4n) is 5.17. The zero-order valence-corrected chi connectivity index (χ0v) is 24.9. The van der Waals surface area contributed by atoms with E-state index in [9.17, 15) is 19.5 Å². The first-order chi connectivity index (χ1) is 19.7. The highest BCUT2D eigenvalue weighted by Crippen LogP contribution is 2.43. The van der Waals surface area contributed by atoms with E-state index in [1.165, 1.54) is 11.0 Å². The highest BCUT2D eigenvalue weighted by Gasteiger charge is 2.52. The molecule has 3 atom stereocenters. The number of nitrogens with one attached hydrogen (secondary N) is 1. The van der Waals surface area contributed by atoms with Gasteiger partial charge in [-0.3, -0.25) is 9.59 Å². The van der Waals surface area contributed by atoms with E-state index in [2.05, 4.69) is 19.2 Å². The molecule has 1 aromatic carbocycles. The number of likely N-dealkylation sites (N-methyl/N-ethyl adjacent to an activating group) is 1. The van der Waals surface area contributed by atoms with Crippen molar-refractivity contribution in [3.05, 3.63) is 53.1 Å². The zero-order chi connectivity index (χ0) is 29.8. The van der Waals surface area contributed by atoms with Crippen LogP contribution in [0.1, 0.15) is 87.6 Å². The Hall–Kier alpha value is -3.01. The van der Waals surface area contributed by atoms with Crippen LogP contribution in [-0.4, -0.2) is 79.1 Å². The normalized spacial score (nSPS) is 21.3. The molecule has 2 aliphatic rings. The number of carbonyl (C=O) groups excluding carboxylic acids is 3. The van der Waals surface area contributed by atoms with Crippen molar-refractivity contribution in [3.8, 4) is 0 Å². The van der Waals surface area contributed by atoms with Gasteiger partial charge in [0.1, 0.15) is 18.3 Å². The van der Waals surface area contributed by atoms with Gasteiger partial charge in [0.15, 0.2) is 5.79 Å². The fraction of sp³-hybridized carbons (Fsp3) is 0.594. The van der Waals surface area contributed by atoms with Gasteiger partial charge in [-0.1, -0.05) is 51.7 Å². The van der Waals surface area contributed by atoms with Gasteiger partial charge in [-0.2, -0.15) is 0 Å². The number of aliphatic hydroxyl groups is 1. The van der Waals surface area contributed by atoms with Crippen molar-refractivity contribution in [3.63, 3.8) is 0 Å². The number of hydrogen-bond donors (Lipinski definition) is 2. The Labute approximate surface area is 243 Å². The number of ether oxygens (including phenoxy) is 3. The lowest BCUT2D eigenvalue weighted by atomic mass is 9.91. The molecular weight excluding hydrogens is 524 g/mol. The van der Waals surface area contributed by atoms with Crippen molar-refractivity contribution < 1.29 is 33.7 Å². The second-order valence-corrected chi connectivity index (χ2v) is 11.0. The van der Waals surface area contributed by atoms with Gasteiger partial charge in [-0.05, 0) is 42.7 Å². The van der Waals surface area contributed by atoms with Crippen LogP contribution in [0, 0.1) is 0 Å². The minimum atomic E-state index is -0.790. The predicted molar refractivity (Wildman–Crippen MR) is 157 cm³/mol. The molecule has 3 unspecified atom stereocenters. The minimum absolute atomic E-state index is 0.126. The molecule has 1 heterocycles. The summed E-state index contributed by atoms with van der Waals surface area (Å²) in [5.74, 6) is -1.82. The number of carbonyl (C=O) groups is 3. The van der Waals surface area contributed by atoms with Crippen LogP contribution < -0.4 is 5.32 Å². The summed E-state index contributed by atoms with van der Waals surface area (Å²) in [6.07, 6.45) is 10.9. The molecule has 2 N–H and O–H groups in total. The summed E-state index contributed by atoms with van der Waals surface area (Å²) in [4.78, 5) is 39.7. The van der Waals surface area contributed by atoms with Crippen LogP contribution in [0.4, 0.5) is 0 Å². The Morgan fingerprint density at radius 2 is 1.80 bits per heavy atom. The SMILES string of the molecule is CCCCCC1(CCCCC)OC2C=C(C(=O)NCCO)CC(OC(=O)c3cccc(C=CC(=O)N(C)C)c3)C2O1. The molecule has 0 spiro atoms. The van der Waals surface area contributed by atoms with E-state index < -0.39 is 30.1 Å². The molecule has 41 heavy (non-hydrogen) atoms. The number of aliphatic hydroxyl groups excluding tert-OH is 1. The first-order valence-electron chi connectivity index (χ1n) is 14.9. The quantitative estimate of drug-likeness (QED) is 0.183. The summed E-state index contributed by atoms with van der Waals surface area (Å²) in [5, 5.41) is 11.9. The second kappa shape index (κ2) is 15.8. The number of amides is 2. The van der Waals surface area contributed by atoms with E-state index in [4.69, 9.17) is 14.2 Å². The lowest BCUT2D eigenvalue weighted by Gasteiger charge is -2.31. The molecule has 0 saturated carbocycles. The van der Waals surface area contributed by atoms with Crippen molar-refractivity contribution in [2.45, 2.75) is 95.7 Å². The van der Waals surface area contributed by atoms with E-state index in [0.717, 1.165) is 51.4 Å². The van der Waals surface area contributed by atoms with Gasteiger partial charge in [0.05, 0.1) is 12.2 Å². The Balaban J connectivity index is 1.84. The number of nitrogens with zero attached hydrogens (tertiary/aromatic N) is 1. The number of rotatable bonds is 15. The van der Waals surface area contributed by atoms with Crippen molar-refractivity contribution in [1.29, 1.82) is 0 Å². The summed E-state index contributed by atoms with van der Waals surface area (Å²) >= 11 is 0. The Morgan fingerprint density at radius 3 is 2.44 bits per heavy atom. The number of hydrogen-bond acceptors (Lipinski definition) is 7. The highest BCUT2D eigenvalue weighted by atomic mass is 16.8. The van der Waals surface area contributed by atoms with E-state index in [1.807, 2.05) is 0 Å². The van der Waals surface area contributed by atoms with Crippen LogP contribution in [-0.2, 0) is 23.8 Å². The monoisotopic (exact) mass is 570 g/mol. The smallest absolute Gasteiger partial charge is 0.338 e. The molecule has 1 aliphatic heterocycles. The van der Waals surface area contributed by atoms with Crippen molar-refractivity contribution in [1.82, 2.24) is 10.2 Å². The van der Waals surface area contributed by atoms with Crippen LogP contribution >= 0.6 is 0 Å². The summed E-state index contributed by atoms with van der Waals surface area (Å²) < 4.78 is 19.2. The average Bonchev–Trinajstić information content (AvgIpc) is 3.33. The van der Waals surface area contributed by atoms with Gasteiger partial charge in [0, 0.05) is 51.6 Å². The maximum atomic E-state index is 13.4. The van der Waals surface area contributed by atoms with Crippen molar-refractivity contribution in [2.75, 3.05) is 27.2 Å². The Kier molecular flexibility index (Phi) is 12.6. The van der Waals surface area contributed by atoms with Crippen LogP contribution in [0.2, 0.25) is 0 Å². The Bertz CT molecular complexity index is 1090. The van der Waals surface area contributed by atoms with E-state index in [0.29, 0.717) is 16.7 Å². The first-order valence-corrected chi connectivity index (χ1v) is 14.9. The van der Waals surface area contributed by atoms with Crippen LogP contribution in [0.3, 0.4) is 0 Å². The average molecular weight is 571 g/mol. The number of unbranched alkanes of at least 4 members (excludes halogenated alkanes) is 4. The lowest BCUT2D eigenvalue weighted by Crippen LogP contribution is -2.43. The summed E-state index contributed by atoms with van der Waals surface area (Å²) in [7, 11) is 3.34. The molecular formula is C32H46N2O7. The molecule has 1 saturated heterocycles. The molecule has 1 aliphatic carbocycles. The van der Waals surface area contributed by atoms with Crippen LogP contribution in [0.15, 0.2) is 42.0 Å². The topological polar surface area (TPSA) is 114 Å². The van der Waals surface area contributed by atoms with Gasteiger partial charge < -0.3 is 29.5 Å². The predicted octanol–water partition coefficient (Wildman–Crippen LogP) is 4.39. The molecule has 1 aromatic rings. The third kappa shape index (κ3) is 9.24. The van der Waals surface area contributed by atoms with Gasteiger partial charge in [0.25, 0.3) is 0 Å².